The molecule has 1 atom stereocenters. The molecule has 0 aliphatic rings. The van der Waals surface area contributed by atoms with Crippen molar-refractivity contribution in [2.24, 2.45) is 5.92 Å². The number of rotatable bonds is 5. The lowest BCUT2D eigenvalue weighted by Gasteiger charge is -2.05. The number of hydrogen-bond donors (Lipinski definition) is 0. The van der Waals surface area contributed by atoms with Gasteiger partial charge in [0.1, 0.15) is 6.79 Å². The standard InChI is InChI=1S/C6H11ClO3/c1-5(6(7)8)3-10-4-9-2/h5H,3-4H2,1-2H3/t5-/m1/s1. The Balaban J connectivity index is 3.21. The quantitative estimate of drug-likeness (QED) is 0.347. The van der Waals surface area contributed by atoms with Crippen LogP contribution < -0.4 is 0 Å². The van der Waals surface area contributed by atoms with Crippen LogP contribution in [0.5, 0.6) is 0 Å². The van der Waals surface area contributed by atoms with Gasteiger partial charge in [-0.25, -0.2) is 0 Å². The third-order valence-corrected chi connectivity index (χ3v) is 1.33. The summed E-state index contributed by atoms with van der Waals surface area (Å²) in [7, 11) is 1.52. The van der Waals surface area contributed by atoms with Crippen LogP contribution in [0.1, 0.15) is 6.92 Å². The summed E-state index contributed by atoms with van der Waals surface area (Å²) in [6.45, 7) is 2.22. The Morgan fingerprint density at radius 1 is 1.70 bits per heavy atom. The summed E-state index contributed by atoms with van der Waals surface area (Å²) >= 11 is 5.15. The van der Waals surface area contributed by atoms with Crippen molar-refractivity contribution in [2.75, 3.05) is 20.5 Å². The number of carbonyl (C=O) groups excluding carboxylic acids is 1. The largest absolute Gasteiger partial charge is 0.359 e. The van der Waals surface area contributed by atoms with Gasteiger partial charge in [0.25, 0.3) is 0 Å². The second-order valence-corrected chi connectivity index (χ2v) is 2.35. The summed E-state index contributed by atoms with van der Waals surface area (Å²) in [4.78, 5) is 10.4. The van der Waals surface area contributed by atoms with Crippen LogP contribution in [-0.2, 0) is 14.3 Å². The molecular formula is C6H11ClO3. The highest BCUT2D eigenvalue weighted by Crippen LogP contribution is 2.00. The van der Waals surface area contributed by atoms with Gasteiger partial charge in [-0.15, -0.1) is 0 Å². The summed E-state index contributed by atoms with van der Waals surface area (Å²) in [5, 5.41) is -0.379. The first-order valence-electron chi connectivity index (χ1n) is 2.94. The van der Waals surface area contributed by atoms with Crippen molar-refractivity contribution < 1.29 is 14.3 Å². The molecule has 3 nitrogen and oxygen atoms in total. The van der Waals surface area contributed by atoms with E-state index in [0.29, 0.717) is 6.61 Å². The third-order valence-electron chi connectivity index (χ3n) is 0.956. The first kappa shape index (κ1) is 9.88. The molecule has 0 fully saturated rings. The molecule has 0 aromatic carbocycles. The van der Waals surface area contributed by atoms with Gasteiger partial charge in [-0.05, 0) is 11.6 Å². The van der Waals surface area contributed by atoms with E-state index in [1.807, 2.05) is 0 Å². The summed E-state index contributed by atoms with van der Waals surface area (Å²) in [6.07, 6.45) is 0. The highest BCUT2D eigenvalue weighted by Gasteiger charge is 2.08. The molecule has 0 aliphatic heterocycles. The predicted molar refractivity (Wildman–Crippen MR) is 37.9 cm³/mol. The van der Waals surface area contributed by atoms with Crippen molar-refractivity contribution in [1.82, 2.24) is 0 Å². The fourth-order valence-electron chi connectivity index (χ4n) is 0.374. The minimum Gasteiger partial charge on any atom is -0.359 e. The van der Waals surface area contributed by atoms with E-state index < -0.39 is 0 Å². The minimum atomic E-state index is -0.379. The number of methoxy groups -OCH3 is 1. The highest BCUT2D eigenvalue weighted by molar-refractivity contribution is 6.63. The monoisotopic (exact) mass is 166 g/mol. The van der Waals surface area contributed by atoms with Gasteiger partial charge >= 0.3 is 0 Å². The molecule has 0 radical (unpaired) electrons. The molecule has 0 bridgehead atoms. The molecule has 60 valence electrons. The van der Waals surface area contributed by atoms with Crippen LogP contribution in [0.2, 0.25) is 0 Å². The van der Waals surface area contributed by atoms with Gasteiger partial charge in [0, 0.05) is 7.11 Å². The van der Waals surface area contributed by atoms with Crippen molar-refractivity contribution in [3.8, 4) is 0 Å². The van der Waals surface area contributed by atoms with Gasteiger partial charge < -0.3 is 9.47 Å². The van der Waals surface area contributed by atoms with E-state index in [4.69, 9.17) is 16.3 Å². The zero-order valence-corrected chi connectivity index (χ0v) is 6.85. The normalized spacial score (nSPS) is 13.1. The molecule has 0 heterocycles. The summed E-state index contributed by atoms with van der Waals surface area (Å²) in [5.74, 6) is -0.253. The van der Waals surface area contributed by atoms with Gasteiger partial charge in [-0.3, -0.25) is 4.79 Å². The molecule has 0 aliphatic carbocycles. The van der Waals surface area contributed by atoms with Crippen LogP contribution in [0, 0.1) is 5.92 Å². The first-order valence-corrected chi connectivity index (χ1v) is 3.32. The minimum absolute atomic E-state index is 0.203. The molecule has 0 N–H and O–H groups in total. The Kier molecular flexibility index (Phi) is 5.58. The number of hydrogen-bond acceptors (Lipinski definition) is 3. The third kappa shape index (κ3) is 4.73. The van der Waals surface area contributed by atoms with E-state index in [9.17, 15) is 4.79 Å². The van der Waals surface area contributed by atoms with E-state index in [1.165, 1.54) is 7.11 Å². The molecule has 0 unspecified atom stereocenters. The van der Waals surface area contributed by atoms with Gasteiger partial charge in [0.15, 0.2) is 0 Å². The van der Waals surface area contributed by atoms with Crippen LogP contribution in [0.25, 0.3) is 0 Å². The topological polar surface area (TPSA) is 35.5 Å². The van der Waals surface area contributed by atoms with E-state index >= 15 is 0 Å². The number of ether oxygens (including phenoxy) is 2. The molecule has 0 spiro atoms. The van der Waals surface area contributed by atoms with Crippen LogP contribution in [0.3, 0.4) is 0 Å². The molecule has 4 heteroatoms. The van der Waals surface area contributed by atoms with E-state index in [2.05, 4.69) is 4.74 Å². The van der Waals surface area contributed by atoms with E-state index in [1.54, 1.807) is 6.92 Å². The van der Waals surface area contributed by atoms with Gasteiger partial charge in [-0.2, -0.15) is 0 Å². The molecule has 0 saturated carbocycles. The smallest absolute Gasteiger partial charge is 0.226 e. The maximum Gasteiger partial charge on any atom is 0.226 e. The Bertz CT molecular complexity index is 105. The Labute approximate surface area is 65.3 Å². The fraction of sp³-hybridized carbons (Fsp3) is 0.833. The Morgan fingerprint density at radius 2 is 2.30 bits per heavy atom. The molecule has 0 rings (SSSR count). The molecular weight excluding hydrogens is 156 g/mol. The highest BCUT2D eigenvalue weighted by atomic mass is 35.5. The fourth-order valence-corrected chi connectivity index (χ4v) is 0.437. The summed E-state index contributed by atoms with van der Waals surface area (Å²) in [5.41, 5.74) is 0. The average Bonchev–Trinajstić information content (AvgIpc) is 1.88. The zero-order chi connectivity index (χ0) is 7.98. The lowest BCUT2D eigenvalue weighted by Crippen LogP contribution is -2.13. The van der Waals surface area contributed by atoms with Crippen LogP contribution in [0.15, 0.2) is 0 Å². The Morgan fingerprint density at radius 3 is 2.70 bits per heavy atom. The second-order valence-electron chi connectivity index (χ2n) is 1.98. The molecule has 0 amide bonds. The number of halogens is 1. The van der Waals surface area contributed by atoms with Gasteiger partial charge in [-0.1, -0.05) is 6.92 Å². The van der Waals surface area contributed by atoms with Gasteiger partial charge in [0.05, 0.1) is 12.5 Å². The van der Waals surface area contributed by atoms with E-state index in [-0.39, 0.29) is 18.0 Å². The SMILES string of the molecule is COCOC[C@@H](C)C(=O)Cl. The van der Waals surface area contributed by atoms with Crippen molar-refractivity contribution >= 4 is 16.8 Å². The van der Waals surface area contributed by atoms with Crippen LogP contribution in [-0.4, -0.2) is 25.8 Å². The summed E-state index contributed by atoms with van der Waals surface area (Å²) in [6, 6.07) is 0. The van der Waals surface area contributed by atoms with Gasteiger partial charge in [0.2, 0.25) is 5.24 Å². The van der Waals surface area contributed by atoms with Crippen molar-refractivity contribution in [1.29, 1.82) is 0 Å². The van der Waals surface area contributed by atoms with Crippen molar-refractivity contribution in [2.45, 2.75) is 6.92 Å². The Hall–Kier alpha value is -0.120. The number of carbonyl (C=O) groups is 1. The van der Waals surface area contributed by atoms with Crippen molar-refractivity contribution in [3.05, 3.63) is 0 Å². The predicted octanol–water partition coefficient (Wildman–Crippen LogP) is 1.01. The molecule has 0 aromatic heterocycles. The average molecular weight is 167 g/mol. The molecule has 0 saturated heterocycles. The lowest BCUT2D eigenvalue weighted by atomic mass is 10.2. The second kappa shape index (κ2) is 5.65. The van der Waals surface area contributed by atoms with Crippen LogP contribution >= 0.6 is 11.6 Å². The van der Waals surface area contributed by atoms with E-state index in [0.717, 1.165) is 0 Å². The summed E-state index contributed by atoms with van der Waals surface area (Å²) < 4.78 is 9.47. The maximum atomic E-state index is 10.4. The zero-order valence-electron chi connectivity index (χ0n) is 6.09. The lowest BCUT2D eigenvalue weighted by molar-refractivity contribution is -0.118. The molecule has 10 heavy (non-hydrogen) atoms. The maximum absolute atomic E-state index is 10.4. The molecule has 0 aromatic rings. The van der Waals surface area contributed by atoms with Crippen LogP contribution in [0.4, 0.5) is 0 Å². The first-order chi connectivity index (χ1) is 4.68. The van der Waals surface area contributed by atoms with Crippen molar-refractivity contribution in [3.63, 3.8) is 0 Å².